The van der Waals surface area contributed by atoms with Gasteiger partial charge >= 0.3 is 12.2 Å². The van der Waals surface area contributed by atoms with Gasteiger partial charge in [0, 0.05) is 0 Å². The minimum atomic E-state index is -4.35. The van der Waals surface area contributed by atoms with Gasteiger partial charge in [-0.3, -0.25) is 4.57 Å². The Balaban J connectivity index is 2.40. The summed E-state index contributed by atoms with van der Waals surface area (Å²) < 4.78 is 43.7. The van der Waals surface area contributed by atoms with Gasteiger partial charge in [-0.25, -0.2) is 0 Å². The standard InChI is InChI=1S/C11H10F3N3O/c1-18-10-16-9(15)6-17(10)8-4-2-7(3-5-8)11(12,13)14/h2-6H,15H2,1H3. The third-order valence-corrected chi connectivity index (χ3v) is 2.35. The topological polar surface area (TPSA) is 53.1 Å². The van der Waals surface area contributed by atoms with E-state index in [1.54, 1.807) is 0 Å². The van der Waals surface area contributed by atoms with E-state index < -0.39 is 11.7 Å². The van der Waals surface area contributed by atoms with Crippen molar-refractivity contribution in [2.75, 3.05) is 12.8 Å². The van der Waals surface area contributed by atoms with Crippen LogP contribution in [-0.2, 0) is 6.18 Å². The van der Waals surface area contributed by atoms with Crippen LogP contribution in [0.4, 0.5) is 19.0 Å². The van der Waals surface area contributed by atoms with E-state index in [1.165, 1.54) is 30.0 Å². The van der Waals surface area contributed by atoms with Crippen molar-refractivity contribution in [1.29, 1.82) is 0 Å². The molecular weight excluding hydrogens is 247 g/mol. The van der Waals surface area contributed by atoms with Gasteiger partial charge in [0.25, 0.3) is 0 Å². The van der Waals surface area contributed by atoms with Crippen LogP contribution in [0.1, 0.15) is 5.56 Å². The summed E-state index contributed by atoms with van der Waals surface area (Å²) >= 11 is 0. The van der Waals surface area contributed by atoms with Crippen LogP contribution in [0.5, 0.6) is 6.01 Å². The quantitative estimate of drug-likeness (QED) is 0.899. The summed E-state index contributed by atoms with van der Waals surface area (Å²) in [4.78, 5) is 3.87. The highest BCUT2D eigenvalue weighted by Gasteiger charge is 2.30. The number of rotatable bonds is 2. The predicted octanol–water partition coefficient (Wildman–Crippen LogP) is 2.48. The Hall–Kier alpha value is -2.18. The Labute approximate surface area is 101 Å². The van der Waals surface area contributed by atoms with Crippen molar-refractivity contribution < 1.29 is 17.9 Å². The molecule has 4 nitrogen and oxygen atoms in total. The van der Waals surface area contributed by atoms with Gasteiger partial charge in [0.05, 0.1) is 24.6 Å². The van der Waals surface area contributed by atoms with E-state index >= 15 is 0 Å². The summed E-state index contributed by atoms with van der Waals surface area (Å²) in [5, 5.41) is 0. The number of methoxy groups -OCH3 is 1. The molecule has 0 bridgehead atoms. The van der Waals surface area contributed by atoms with E-state index in [0.29, 0.717) is 5.69 Å². The first-order chi connectivity index (χ1) is 8.41. The first-order valence-corrected chi connectivity index (χ1v) is 4.98. The van der Waals surface area contributed by atoms with Gasteiger partial charge < -0.3 is 10.5 Å². The van der Waals surface area contributed by atoms with E-state index in [0.717, 1.165) is 12.1 Å². The Kier molecular flexibility index (Phi) is 2.90. The minimum Gasteiger partial charge on any atom is -0.468 e. The summed E-state index contributed by atoms with van der Waals surface area (Å²) in [5.74, 6) is 0.228. The number of imidazole rings is 1. The van der Waals surface area contributed by atoms with Gasteiger partial charge in [-0.05, 0) is 24.3 Å². The normalized spacial score (nSPS) is 11.6. The highest BCUT2D eigenvalue weighted by Crippen LogP contribution is 2.30. The molecule has 0 aliphatic carbocycles. The summed E-state index contributed by atoms with van der Waals surface area (Å²) in [5.41, 5.74) is 5.28. The van der Waals surface area contributed by atoms with Crippen LogP contribution in [0.2, 0.25) is 0 Å². The highest BCUT2D eigenvalue weighted by atomic mass is 19.4. The molecule has 1 heterocycles. The molecule has 0 aliphatic rings. The molecule has 0 spiro atoms. The van der Waals surface area contributed by atoms with Crippen molar-refractivity contribution in [3.05, 3.63) is 36.0 Å². The van der Waals surface area contributed by atoms with Crippen molar-refractivity contribution in [3.8, 4) is 11.7 Å². The fourth-order valence-corrected chi connectivity index (χ4v) is 1.52. The SMILES string of the molecule is COc1nc(N)cn1-c1ccc(C(F)(F)F)cc1. The Morgan fingerprint density at radius 3 is 2.33 bits per heavy atom. The molecule has 1 aromatic heterocycles. The summed E-state index contributed by atoms with van der Waals surface area (Å²) in [6.07, 6.45) is -2.88. The second-order valence-electron chi connectivity index (χ2n) is 3.57. The van der Waals surface area contributed by atoms with Crippen LogP contribution in [0.3, 0.4) is 0 Å². The fraction of sp³-hybridized carbons (Fsp3) is 0.182. The molecule has 7 heteroatoms. The van der Waals surface area contributed by atoms with Crippen LogP contribution in [0.25, 0.3) is 5.69 Å². The second-order valence-corrected chi connectivity index (χ2v) is 3.57. The minimum absolute atomic E-state index is 0.215. The van der Waals surface area contributed by atoms with Gasteiger partial charge in [-0.2, -0.15) is 18.2 Å². The van der Waals surface area contributed by atoms with Crippen molar-refractivity contribution in [1.82, 2.24) is 9.55 Å². The van der Waals surface area contributed by atoms with Crippen molar-refractivity contribution >= 4 is 5.82 Å². The second kappa shape index (κ2) is 4.25. The van der Waals surface area contributed by atoms with Crippen molar-refractivity contribution in [3.63, 3.8) is 0 Å². The number of nitrogens with zero attached hydrogens (tertiary/aromatic N) is 2. The molecule has 0 saturated carbocycles. The third-order valence-electron chi connectivity index (χ3n) is 2.35. The molecule has 0 amide bonds. The number of hydrogen-bond donors (Lipinski definition) is 1. The van der Waals surface area contributed by atoms with E-state index in [4.69, 9.17) is 10.5 Å². The number of anilines is 1. The van der Waals surface area contributed by atoms with E-state index in [2.05, 4.69) is 4.98 Å². The molecule has 0 radical (unpaired) electrons. The summed E-state index contributed by atoms with van der Waals surface area (Å²) in [7, 11) is 1.41. The average molecular weight is 257 g/mol. The average Bonchev–Trinajstić information content (AvgIpc) is 2.69. The molecule has 0 unspecified atom stereocenters. The lowest BCUT2D eigenvalue weighted by Crippen LogP contribution is -2.05. The smallest absolute Gasteiger partial charge is 0.416 e. The molecular formula is C11H10F3N3O. The van der Waals surface area contributed by atoms with Gasteiger partial charge in [0.2, 0.25) is 0 Å². The van der Waals surface area contributed by atoms with Crippen LogP contribution >= 0.6 is 0 Å². The number of benzene rings is 1. The monoisotopic (exact) mass is 257 g/mol. The number of nitrogen functional groups attached to an aromatic ring is 1. The molecule has 0 atom stereocenters. The van der Waals surface area contributed by atoms with E-state index in [9.17, 15) is 13.2 Å². The van der Waals surface area contributed by atoms with Crippen molar-refractivity contribution in [2.24, 2.45) is 0 Å². The maximum absolute atomic E-state index is 12.4. The predicted molar refractivity (Wildman–Crippen MR) is 59.5 cm³/mol. The van der Waals surface area contributed by atoms with Crippen LogP contribution < -0.4 is 10.5 Å². The molecule has 2 N–H and O–H groups in total. The zero-order chi connectivity index (χ0) is 13.3. The highest BCUT2D eigenvalue weighted by molar-refractivity contribution is 5.42. The lowest BCUT2D eigenvalue weighted by molar-refractivity contribution is -0.137. The zero-order valence-corrected chi connectivity index (χ0v) is 9.40. The number of alkyl halides is 3. The first-order valence-electron chi connectivity index (χ1n) is 4.98. The maximum atomic E-state index is 12.4. The van der Waals surface area contributed by atoms with E-state index in [1.807, 2.05) is 0 Å². The van der Waals surface area contributed by atoms with Crippen molar-refractivity contribution in [2.45, 2.75) is 6.18 Å². The summed E-state index contributed by atoms with van der Waals surface area (Å²) in [6.45, 7) is 0. The molecule has 96 valence electrons. The summed E-state index contributed by atoms with van der Waals surface area (Å²) in [6, 6.07) is 4.85. The number of halogens is 3. The molecule has 2 aromatic rings. The third kappa shape index (κ3) is 2.24. The number of ether oxygens (including phenoxy) is 1. The van der Waals surface area contributed by atoms with Gasteiger partial charge in [-0.1, -0.05) is 0 Å². The molecule has 18 heavy (non-hydrogen) atoms. The largest absolute Gasteiger partial charge is 0.468 e. The number of nitrogens with two attached hydrogens (primary N) is 1. The molecule has 2 rings (SSSR count). The fourth-order valence-electron chi connectivity index (χ4n) is 1.52. The lowest BCUT2D eigenvalue weighted by Gasteiger charge is -2.09. The van der Waals surface area contributed by atoms with Crippen LogP contribution in [0.15, 0.2) is 30.5 Å². The maximum Gasteiger partial charge on any atom is 0.416 e. The molecule has 0 saturated heterocycles. The Morgan fingerprint density at radius 2 is 1.83 bits per heavy atom. The zero-order valence-electron chi connectivity index (χ0n) is 9.40. The molecule has 0 fully saturated rings. The van der Waals surface area contributed by atoms with Gasteiger partial charge in [0.15, 0.2) is 0 Å². The van der Waals surface area contributed by atoms with Crippen LogP contribution in [-0.4, -0.2) is 16.7 Å². The molecule has 1 aromatic carbocycles. The molecule has 0 aliphatic heterocycles. The number of hydrogen-bond acceptors (Lipinski definition) is 3. The number of aromatic nitrogens is 2. The Morgan fingerprint density at radius 1 is 1.22 bits per heavy atom. The first kappa shape index (κ1) is 12.3. The Bertz CT molecular complexity index is 546. The van der Waals surface area contributed by atoms with Gasteiger partial charge in [0.1, 0.15) is 5.82 Å². The lowest BCUT2D eigenvalue weighted by atomic mass is 10.2. The van der Waals surface area contributed by atoms with Gasteiger partial charge in [-0.15, -0.1) is 0 Å². The van der Waals surface area contributed by atoms with E-state index in [-0.39, 0.29) is 11.8 Å². The van der Waals surface area contributed by atoms with Crippen LogP contribution in [0, 0.1) is 0 Å².